The molecule has 1 aromatic carbocycles. The predicted octanol–water partition coefficient (Wildman–Crippen LogP) is 3.19. The normalized spacial score (nSPS) is 16.6. The molecule has 24 heavy (non-hydrogen) atoms. The second-order valence-corrected chi connectivity index (χ2v) is 5.86. The number of urea groups is 1. The van der Waals surface area contributed by atoms with Gasteiger partial charge >= 0.3 is 6.03 Å². The molecule has 6 nitrogen and oxygen atoms in total. The standard InChI is InChI=1S/C15H18ClF2N3O3/c1-24-9-13(22)19-10-2-3-11(16)12(8-10)20-14(23)21-6-4-15(17,18)5-7-21/h2-3,8H,4-7,9H2,1H3,(H,19,22)(H,20,23). The largest absolute Gasteiger partial charge is 0.375 e. The van der Waals surface area contributed by atoms with E-state index in [1.165, 1.54) is 24.1 Å². The Morgan fingerprint density at radius 1 is 1.29 bits per heavy atom. The fourth-order valence-electron chi connectivity index (χ4n) is 2.26. The number of hydrogen-bond donors (Lipinski definition) is 2. The van der Waals surface area contributed by atoms with Gasteiger partial charge in [-0.2, -0.15) is 0 Å². The van der Waals surface area contributed by atoms with Crippen LogP contribution in [-0.2, 0) is 9.53 Å². The van der Waals surface area contributed by atoms with E-state index in [4.69, 9.17) is 16.3 Å². The third kappa shape index (κ3) is 5.04. The Kier molecular flexibility index (Phi) is 5.95. The number of ether oxygens (including phenoxy) is 1. The molecule has 0 saturated carbocycles. The Hall–Kier alpha value is -1.93. The smallest absolute Gasteiger partial charge is 0.321 e. The van der Waals surface area contributed by atoms with Crippen LogP contribution in [0.3, 0.4) is 0 Å². The van der Waals surface area contributed by atoms with Crippen molar-refractivity contribution in [2.45, 2.75) is 18.8 Å². The first-order valence-corrected chi connectivity index (χ1v) is 7.70. The van der Waals surface area contributed by atoms with Crippen molar-refractivity contribution >= 4 is 34.9 Å². The summed E-state index contributed by atoms with van der Waals surface area (Å²) in [6.07, 6.45) is -0.720. The molecule has 1 aliphatic rings. The maximum Gasteiger partial charge on any atom is 0.321 e. The number of benzene rings is 1. The number of anilines is 2. The summed E-state index contributed by atoms with van der Waals surface area (Å²) in [5, 5.41) is 5.44. The number of nitrogens with zero attached hydrogens (tertiary/aromatic N) is 1. The number of hydrogen-bond acceptors (Lipinski definition) is 3. The second-order valence-electron chi connectivity index (χ2n) is 5.45. The van der Waals surface area contributed by atoms with Gasteiger partial charge in [0.2, 0.25) is 5.91 Å². The number of carbonyl (C=O) groups is 2. The molecule has 2 N–H and O–H groups in total. The lowest BCUT2D eigenvalue weighted by Gasteiger charge is -2.31. The first-order chi connectivity index (χ1) is 11.3. The first kappa shape index (κ1) is 18.4. The van der Waals surface area contributed by atoms with Crippen molar-refractivity contribution in [2.75, 3.05) is 37.4 Å². The molecule has 0 aliphatic carbocycles. The molecule has 1 aliphatic heterocycles. The van der Waals surface area contributed by atoms with Crippen LogP contribution >= 0.6 is 11.6 Å². The van der Waals surface area contributed by atoms with Gasteiger partial charge in [-0.25, -0.2) is 13.6 Å². The van der Waals surface area contributed by atoms with Crippen molar-refractivity contribution in [3.63, 3.8) is 0 Å². The summed E-state index contributed by atoms with van der Waals surface area (Å²) in [4.78, 5) is 25.0. The highest BCUT2D eigenvalue weighted by Crippen LogP contribution is 2.29. The van der Waals surface area contributed by atoms with Gasteiger partial charge in [0.05, 0.1) is 10.7 Å². The summed E-state index contributed by atoms with van der Waals surface area (Å²) in [6, 6.07) is 4.08. The number of rotatable bonds is 4. The Morgan fingerprint density at radius 2 is 1.96 bits per heavy atom. The number of nitrogens with one attached hydrogen (secondary N) is 2. The molecule has 2 rings (SSSR count). The maximum atomic E-state index is 13.1. The van der Waals surface area contributed by atoms with Gasteiger partial charge in [-0.1, -0.05) is 11.6 Å². The summed E-state index contributed by atoms with van der Waals surface area (Å²) in [5.74, 6) is -3.07. The Bertz CT molecular complexity index is 618. The molecule has 1 fully saturated rings. The van der Waals surface area contributed by atoms with Crippen molar-refractivity contribution in [1.82, 2.24) is 4.90 Å². The first-order valence-electron chi connectivity index (χ1n) is 7.33. The molecule has 3 amide bonds. The van der Waals surface area contributed by atoms with E-state index in [9.17, 15) is 18.4 Å². The average molecular weight is 362 g/mol. The van der Waals surface area contributed by atoms with Crippen molar-refractivity contribution < 1.29 is 23.1 Å². The molecule has 0 aromatic heterocycles. The lowest BCUT2D eigenvalue weighted by molar-refractivity contribution is -0.119. The Morgan fingerprint density at radius 3 is 2.58 bits per heavy atom. The third-order valence-electron chi connectivity index (χ3n) is 3.55. The van der Waals surface area contributed by atoms with Crippen LogP contribution in [0.2, 0.25) is 5.02 Å². The molecule has 1 saturated heterocycles. The summed E-state index contributed by atoms with van der Waals surface area (Å²) >= 11 is 6.03. The topological polar surface area (TPSA) is 70.7 Å². The van der Waals surface area contributed by atoms with Crippen molar-refractivity contribution in [2.24, 2.45) is 0 Å². The van der Waals surface area contributed by atoms with E-state index in [2.05, 4.69) is 10.6 Å². The van der Waals surface area contributed by atoms with Crippen molar-refractivity contribution in [3.8, 4) is 0 Å². The molecule has 132 valence electrons. The number of amides is 3. The number of piperidine rings is 1. The van der Waals surface area contributed by atoms with E-state index in [0.29, 0.717) is 5.69 Å². The fourth-order valence-corrected chi connectivity index (χ4v) is 2.42. The molecule has 0 bridgehead atoms. The molecular weight excluding hydrogens is 344 g/mol. The summed E-state index contributed by atoms with van der Waals surface area (Å²) in [6.45, 7) is -0.159. The molecule has 1 aromatic rings. The Balaban J connectivity index is 2.01. The highest BCUT2D eigenvalue weighted by molar-refractivity contribution is 6.33. The van der Waals surface area contributed by atoms with Gasteiger partial charge in [0.15, 0.2) is 0 Å². The van der Waals surface area contributed by atoms with Gasteiger partial charge < -0.3 is 20.3 Å². The van der Waals surface area contributed by atoms with Gasteiger partial charge in [0.1, 0.15) is 6.61 Å². The minimum absolute atomic E-state index is 0.0271. The zero-order valence-corrected chi connectivity index (χ0v) is 13.8. The van der Waals surface area contributed by atoms with Gasteiger partial charge in [-0.3, -0.25) is 4.79 Å². The zero-order chi connectivity index (χ0) is 17.7. The minimum Gasteiger partial charge on any atom is -0.375 e. The van der Waals surface area contributed by atoms with E-state index >= 15 is 0 Å². The molecule has 0 atom stereocenters. The summed E-state index contributed by atoms with van der Waals surface area (Å²) < 4.78 is 31.0. The second kappa shape index (κ2) is 7.76. The quantitative estimate of drug-likeness (QED) is 0.865. The molecule has 0 spiro atoms. The monoisotopic (exact) mass is 361 g/mol. The number of carbonyl (C=O) groups excluding carboxylic acids is 2. The van der Waals surface area contributed by atoms with Crippen LogP contribution in [0.25, 0.3) is 0 Å². The third-order valence-corrected chi connectivity index (χ3v) is 3.88. The summed E-state index contributed by atoms with van der Waals surface area (Å²) in [7, 11) is 1.40. The van der Waals surface area contributed by atoms with Crippen LogP contribution in [-0.4, -0.2) is 49.6 Å². The van der Waals surface area contributed by atoms with Crippen LogP contribution in [0.1, 0.15) is 12.8 Å². The van der Waals surface area contributed by atoms with Crippen molar-refractivity contribution in [1.29, 1.82) is 0 Å². The highest BCUT2D eigenvalue weighted by atomic mass is 35.5. The van der Waals surface area contributed by atoms with Crippen LogP contribution in [0.5, 0.6) is 0 Å². The van der Waals surface area contributed by atoms with Crippen LogP contribution in [0, 0.1) is 0 Å². The number of halogens is 3. The molecular formula is C15H18ClF2N3O3. The van der Waals surface area contributed by atoms with E-state index in [-0.39, 0.29) is 49.2 Å². The number of alkyl halides is 2. The summed E-state index contributed by atoms with van der Waals surface area (Å²) in [5.41, 5.74) is 0.719. The molecule has 1 heterocycles. The highest BCUT2D eigenvalue weighted by Gasteiger charge is 2.35. The van der Waals surface area contributed by atoms with Crippen molar-refractivity contribution in [3.05, 3.63) is 23.2 Å². The Labute approximate surface area is 143 Å². The average Bonchev–Trinajstić information content (AvgIpc) is 2.50. The fraction of sp³-hybridized carbons (Fsp3) is 0.467. The van der Waals surface area contributed by atoms with Crippen LogP contribution < -0.4 is 10.6 Å². The lowest BCUT2D eigenvalue weighted by atomic mass is 10.1. The van der Waals surface area contributed by atoms with Gasteiger partial charge in [0.25, 0.3) is 5.92 Å². The molecule has 0 unspecified atom stereocenters. The maximum absolute atomic E-state index is 13.1. The minimum atomic E-state index is -2.72. The zero-order valence-electron chi connectivity index (χ0n) is 13.1. The molecule has 9 heteroatoms. The molecule has 0 radical (unpaired) electrons. The van der Waals surface area contributed by atoms with E-state index < -0.39 is 12.0 Å². The van der Waals surface area contributed by atoms with E-state index in [1.54, 1.807) is 6.07 Å². The SMILES string of the molecule is COCC(=O)Nc1ccc(Cl)c(NC(=O)N2CCC(F)(F)CC2)c1. The van der Waals surface area contributed by atoms with Gasteiger partial charge in [-0.05, 0) is 18.2 Å². The van der Waals surface area contributed by atoms with Crippen LogP contribution in [0.15, 0.2) is 18.2 Å². The predicted molar refractivity (Wildman–Crippen MR) is 86.7 cm³/mol. The number of likely N-dealkylation sites (tertiary alicyclic amines) is 1. The van der Waals surface area contributed by atoms with Crippen LogP contribution in [0.4, 0.5) is 25.0 Å². The van der Waals surface area contributed by atoms with Gasteiger partial charge in [0, 0.05) is 38.7 Å². The number of methoxy groups -OCH3 is 1. The lowest BCUT2D eigenvalue weighted by Crippen LogP contribution is -2.44. The van der Waals surface area contributed by atoms with E-state index in [0.717, 1.165) is 0 Å². The van der Waals surface area contributed by atoms with Gasteiger partial charge in [-0.15, -0.1) is 0 Å². The van der Waals surface area contributed by atoms with E-state index in [1.807, 2.05) is 0 Å².